The predicted molar refractivity (Wildman–Crippen MR) is 119 cm³/mol. The molecule has 2 N–H and O–H groups in total. The first-order chi connectivity index (χ1) is 15.1. The number of nitrogens with one attached hydrogen (secondary N) is 2. The Hall–Kier alpha value is -3.22. The van der Waals surface area contributed by atoms with Crippen LogP contribution in [-0.4, -0.2) is 38.7 Å². The van der Waals surface area contributed by atoms with Gasteiger partial charge >= 0.3 is 0 Å². The molecule has 31 heavy (non-hydrogen) atoms. The van der Waals surface area contributed by atoms with Crippen molar-refractivity contribution in [1.82, 2.24) is 5.32 Å². The van der Waals surface area contributed by atoms with Crippen LogP contribution in [0.3, 0.4) is 0 Å². The Morgan fingerprint density at radius 1 is 0.903 bits per heavy atom. The van der Waals surface area contributed by atoms with E-state index in [9.17, 15) is 9.59 Å². The number of amides is 2. The van der Waals surface area contributed by atoms with Crippen molar-refractivity contribution in [1.29, 1.82) is 0 Å². The number of rotatable bonds is 8. The zero-order chi connectivity index (χ0) is 22.1. The van der Waals surface area contributed by atoms with Gasteiger partial charge in [0.25, 0.3) is 11.8 Å². The molecule has 7 nitrogen and oxygen atoms in total. The van der Waals surface area contributed by atoms with Crippen molar-refractivity contribution in [2.45, 2.75) is 44.6 Å². The molecule has 0 heterocycles. The van der Waals surface area contributed by atoms with Gasteiger partial charge in [0.2, 0.25) is 0 Å². The summed E-state index contributed by atoms with van der Waals surface area (Å²) in [6.07, 6.45) is 6.82. The van der Waals surface area contributed by atoms with Crippen molar-refractivity contribution in [3.63, 3.8) is 0 Å². The van der Waals surface area contributed by atoms with E-state index in [4.69, 9.17) is 14.2 Å². The van der Waals surface area contributed by atoms with E-state index in [0.717, 1.165) is 25.7 Å². The van der Waals surface area contributed by atoms with Gasteiger partial charge in [0.1, 0.15) is 5.75 Å². The van der Waals surface area contributed by atoms with E-state index in [1.54, 1.807) is 49.6 Å². The lowest BCUT2D eigenvalue weighted by atomic mass is 10.1. The second-order valence-electron chi connectivity index (χ2n) is 7.59. The highest BCUT2D eigenvalue weighted by atomic mass is 16.5. The number of hydrogen-bond donors (Lipinski definition) is 2. The van der Waals surface area contributed by atoms with Crippen molar-refractivity contribution in [3.05, 3.63) is 48.0 Å². The number of hydrogen-bond acceptors (Lipinski definition) is 5. The SMILES string of the molecule is COc1ccc(NC(=O)COc2ccc(C(=O)NC3CCCCCC3)cc2OC)cc1. The summed E-state index contributed by atoms with van der Waals surface area (Å²) < 4.78 is 16.1. The molecule has 2 amide bonds. The fourth-order valence-corrected chi connectivity index (χ4v) is 3.64. The van der Waals surface area contributed by atoms with Crippen molar-refractivity contribution in [2.24, 2.45) is 0 Å². The van der Waals surface area contributed by atoms with Gasteiger partial charge < -0.3 is 24.8 Å². The molecule has 0 unspecified atom stereocenters. The van der Waals surface area contributed by atoms with Crippen LogP contribution in [0.2, 0.25) is 0 Å². The van der Waals surface area contributed by atoms with Crippen molar-refractivity contribution in [2.75, 3.05) is 26.1 Å². The van der Waals surface area contributed by atoms with Gasteiger partial charge in [-0.3, -0.25) is 9.59 Å². The summed E-state index contributed by atoms with van der Waals surface area (Å²) in [5, 5.41) is 5.88. The molecule has 0 aliphatic heterocycles. The molecule has 0 bridgehead atoms. The molecule has 2 aromatic rings. The first kappa shape index (κ1) is 22.5. The summed E-state index contributed by atoms with van der Waals surface area (Å²) >= 11 is 0. The average Bonchev–Trinajstić information content (AvgIpc) is 3.06. The third kappa shape index (κ3) is 6.64. The van der Waals surface area contributed by atoms with Crippen LogP contribution in [-0.2, 0) is 4.79 Å². The number of ether oxygens (including phenoxy) is 3. The maximum atomic E-state index is 12.6. The largest absolute Gasteiger partial charge is 0.497 e. The van der Waals surface area contributed by atoms with Gasteiger partial charge in [-0.05, 0) is 55.3 Å². The maximum absolute atomic E-state index is 12.6. The van der Waals surface area contributed by atoms with E-state index in [1.807, 2.05) is 0 Å². The van der Waals surface area contributed by atoms with Gasteiger partial charge in [-0.25, -0.2) is 0 Å². The molecule has 1 aliphatic carbocycles. The zero-order valence-electron chi connectivity index (χ0n) is 18.1. The summed E-state index contributed by atoms with van der Waals surface area (Å²) in [6, 6.07) is 12.2. The lowest BCUT2D eigenvalue weighted by Crippen LogP contribution is -2.34. The second kappa shape index (κ2) is 11.2. The molecule has 2 aromatic carbocycles. The second-order valence-corrected chi connectivity index (χ2v) is 7.59. The standard InChI is InChI=1S/C24H30N2O5/c1-29-20-12-10-19(11-13-20)25-23(27)16-31-21-14-9-17(15-22(21)30-2)24(28)26-18-7-5-3-4-6-8-18/h9-15,18H,3-8,16H2,1-2H3,(H,25,27)(H,26,28). The maximum Gasteiger partial charge on any atom is 0.262 e. The molecule has 166 valence electrons. The number of anilines is 1. The molecule has 1 saturated carbocycles. The lowest BCUT2D eigenvalue weighted by molar-refractivity contribution is -0.118. The van der Waals surface area contributed by atoms with Gasteiger partial charge in [0.05, 0.1) is 14.2 Å². The molecule has 0 radical (unpaired) electrons. The molecular formula is C24H30N2O5. The highest BCUT2D eigenvalue weighted by Gasteiger charge is 2.17. The molecule has 7 heteroatoms. The average molecular weight is 427 g/mol. The number of carbonyl (C=O) groups excluding carboxylic acids is 2. The Labute approximate surface area is 183 Å². The van der Waals surface area contributed by atoms with E-state index >= 15 is 0 Å². The smallest absolute Gasteiger partial charge is 0.262 e. The Morgan fingerprint density at radius 3 is 2.26 bits per heavy atom. The molecule has 0 aromatic heterocycles. The van der Waals surface area contributed by atoms with Crippen molar-refractivity contribution >= 4 is 17.5 Å². The molecule has 1 fully saturated rings. The molecule has 0 atom stereocenters. The van der Waals surface area contributed by atoms with Crippen molar-refractivity contribution in [3.8, 4) is 17.2 Å². The topological polar surface area (TPSA) is 85.9 Å². The summed E-state index contributed by atoms with van der Waals surface area (Å²) in [6.45, 7) is -0.185. The quantitative estimate of drug-likeness (QED) is 0.619. The van der Waals surface area contributed by atoms with E-state index in [1.165, 1.54) is 20.0 Å². The van der Waals surface area contributed by atoms with Gasteiger partial charge in [-0.1, -0.05) is 25.7 Å². The third-order valence-corrected chi connectivity index (χ3v) is 5.35. The number of methoxy groups -OCH3 is 2. The zero-order valence-corrected chi connectivity index (χ0v) is 18.1. The lowest BCUT2D eigenvalue weighted by Gasteiger charge is -2.17. The van der Waals surface area contributed by atoms with Crippen LogP contribution in [0.4, 0.5) is 5.69 Å². The Balaban J connectivity index is 1.56. The molecule has 0 spiro atoms. The fraction of sp³-hybridized carbons (Fsp3) is 0.417. The number of carbonyl (C=O) groups is 2. The van der Waals surface area contributed by atoms with Crippen molar-refractivity contribution < 1.29 is 23.8 Å². The van der Waals surface area contributed by atoms with Crippen LogP contribution >= 0.6 is 0 Å². The predicted octanol–water partition coefficient (Wildman–Crippen LogP) is 4.17. The van der Waals surface area contributed by atoms with Gasteiger partial charge in [-0.2, -0.15) is 0 Å². The van der Waals surface area contributed by atoms with Gasteiger partial charge in [0, 0.05) is 17.3 Å². The minimum Gasteiger partial charge on any atom is -0.497 e. The summed E-state index contributed by atoms with van der Waals surface area (Å²) in [5.74, 6) is 1.10. The van der Waals surface area contributed by atoms with Crippen LogP contribution in [0.5, 0.6) is 17.2 Å². The van der Waals surface area contributed by atoms with Crippen LogP contribution in [0.25, 0.3) is 0 Å². The third-order valence-electron chi connectivity index (χ3n) is 5.35. The van der Waals surface area contributed by atoms with E-state index < -0.39 is 0 Å². The van der Waals surface area contributed by atoms with Crippen LogP contribution in [0, 0.1) is 0 Å². The Morgan fingerprint density at radius 2 is 1.61 bits per heavy atom. The Bertz CT molecular complexity index is 874. The fourth-order valence-electron chi connectivity index (χ4n) is 3.64. The monoisotopic (exact) mass is 426 g/mol. The minimum absolute atomic E-state index is 0.117. The Kier molecular flexibility index (Phi) is 8.15. The van der Waals surface area contributed by atoms with Crippen LogP contribution in [0.15, 0.2) is 42.5 Å². The molecule has 0 saturated heterocycles. The first-order valence-corrected chi connectivity index (χ1v) is 10.6. The minimum atomic E-state index is -0.303. The van der Waals surface area contributed by atoms with Crippen LogP contribution < -0.4 is 24.8 Å². The molecule has 3 rings (SSSR count). The summed E-state index contributed by atoms with van der Waals surface area (Å²) in [4.78, 5) is 24.8. The van der Waals surface area contributed by atoms with E-state index in [0.29, 0.717) is 28.5 Å². The van der Waals surface area contributed by atoms with E-state index in [2.05, 4.69) is 10.6 Å². The van der Waals surface area contributed by atoms with Gasteiger partial charge in [0.15, 0.2) is 18.1 Å². The first-order valence-electron chi connectivity index (χ1n) is 10.6. The highest BCUT2D eigenvalue weighted by molar-refractivity contribution is 5.95. The molecular weight excluding hydrogens is 396 g/mol. The highest BCUT2D eigenvalue weighted by Crippen LogP contribution is 2.28. The molecule has 1 aliphatic rings. The number of benzene rings is 2. The van der Waals surface area contributed by atoms with E-state index in [-0.39, 0.29) is 24.5 Å². The summed E-state index contributed by atoms with van der Waals surface area (Å²) in [5.41, 5.74) is 1.16. The summed E-state index contributed by atoms with van der Waals surface area (Å²) in [7, 11) is 3.09. The van der Waals surface area contributed by atoms with Crippen LogP contribution in [0.1, 0.15) is 48.9 Å². The normalized spacial score (nSPS) is 14.3. The van der Waals surface area contributed by atoms with Gasteiger partial charge in [-0.15, -0.1) is 0 Å².